The molecule has 6 nitrogen and oxygen atoms in total. The van der Waals surface area contributed by atoms with Crippen LogP contribution in [0.1, 0.15) is 12.5 Å². The number of ether oxygens (including phenoxy) is 1. The van der Waals surface area contributed by atoms with Gasteiger partial charge in [-0.3, -0.25) is 9.78 Å². The first kappa shape index (κ1) is 15.4. The van der Waals surface area contributed by atoms with Gasteiger partial charge in [0.15, 0.2) is 5.65 Å². The van der Waals surface area contributed by atoms with E-state index in [1.165, 1.54) is 0 Å². The second-order valence-corrected chi connectivity index (χ2v) is 5.93. The van der Waals surface area contributed by atoms with E-state index in [9.17, 15) is 0 Å². The van der Waals surface area contributed by atoms with Gasteiger partial charge in [0.2, 0.25) is 0 Å². The van der Waals surface area contributed by atoms with Gasteiger partial charge in [0.05, 0.1) is 24.7 Å². The normalized spacial score (nSPS) is 11.2. The van der Waals surface area contributed by atoms with Gasteiger partial charge in [-0.1, -0.05) is 0 Å². The van der Waals surface area contributed by atoms with Crippen LogP contribution in [0.2, 0.25) is 0 Å². The Morgan fingerprint density at radius 2 is 2.00 bits per heavy atom. The summed E-state index contributed by atoms with van der Waals surface area (Å²) in [5.74, 6) is 0.824. The van der Waals surface area contributed by atoms with Crippen LogP contribution in [0.4, 0.5) is 0 Å². The number of aromatic nitrogens is 5. The van der Waals surface area contributed by atoms with Crippen molar-refractivity contribution in [2.75, 3.05) is 7.11 Å². The topological polar surface area (TPSA) is 68.6 Å². The third-order valence-electron chi connectivity index (χ3n) is 4.36. The van der Waals surface area contributed by atoms with Gasteiger partial charge in [0.1, 0.15) is 5.75 Å². The smallest absolute Gasteiger partial charge is 0.181 e. The highest BCUT2D eigenvalue weighted by Gasteiger charge is 2.14. The number of aromatic amines is 1. The highest BCUT2D eigenvalue weighted by molar-refractivity contribution is 5.85. The van der Waals surface area contributed by atoms with Crippen LogP contribution in [0.3, 0.4) is 0 Å². The third kappa shape index (κ3) is 2.65. The molecule has 6 heteroatoms. The number of H-pyrrole nitrogens is 1. The van der Waals surface area contributed by atoms with Crippen molar-refractivity contribution in [3.05, 3.63) is 48.3 Å². The summed E-state index contributed by atoms with van der Waals surface area (Å²) in [6.07, 6.45) is 3.85. The van der Waals surface area contributed by atoms with E-state index in [4.69, 9.17) is 9.72 Å². The van der Waals surface area contributed by atoms with Gasteiger partial charge in [0, 0.05) is 29.3 Å². The van der Waals surface area contributed by atoms with Crippen molar-refractivity contribution in [1.29, 1.82) is 0 Å². The fourth-order valence-electron chi connectivity index (χ4n) is 2.96. The lowest BCUT2D eigenvalue weighted by atomic mass is 10.0. The maximum Gasteiger partial charge on any atom is 0.181 e. The predicted molar refractivity (Wildman–Crippen MR) is 97.5 cm³/mol. The zero-order valence-electron chi connectivity index (χ0n) is 14.4. The molecule has 0 aliphatic rings. The Bertz CT molecular complexity index is 1030. The number of methoxy groups -OCH3 is 1. The summed E-state index contributed by atoms with van der Waals surface area (Å²) in [7, 11) is 1.66. The molecule has 0 spiro atoms. The minimum atomic E-state index is 0.763. The van der Waals surface area contributed by atoms with E-state index < -0.39 is 0 Å². The molecule has 1 N–H and O–H groups in total. The van der Waals surface area contributed by atoms with E-state index in [-0.39, 0.29) is 0 Å². The van der Waals surface area contributed by atoms with Gasteiger partial charge in [0.25, 0.3) is 0 Å². The summed E-state index contributed by atoms with van der Waals surface area (Å²) < 4.78 is 7.14. The van der Waals surface area contributed by atoms with Gasteiger partial charge in [-0.15, -0.1) is 0 Å². The molecular weight excluding hydrogens is 314 g/mol. The van der Waals surface area contributed by atoms with E-state index in [1.54, 1.807) is 7.11 Å². The number of aryl methyl sites for hydroxylation is 2. The fourth-order valence-corrected chi connectivity index (χ4v) is 2.96. The predicted octanol–water partition coefficient (Wildman–Crippen LogP) is 3.83. The lowest BCUT2D eigenvalue weighted by Gasteiger charge is -2.06. The maximum atomic E-state index is 5.23. The Morgan fingerprint density at radius 1 is 1.20 bits per heavy atom. The van der Waals surface area contributed by atoms with Crippen LogP contribution < -0.4 is 4.74 Å². The molecule has 0 atom stereocenters. The van der Waals surface area contributed by atoms with E-state index >= 15 is 0 Å². The summed E-state index contributed by atoms with van der Waals surface area (Å²) in [5.41, 5.74) is 5.71. The second kappa shape index (κ2) is 6.05. The molecule has 0 amide bonds. The molecule has 0 unspecified atom stereocenters. The Labute approximate surface area is 145 Å². The van der Waals surface area contributed by atoms with E-state index in [1.807, 2.05) is 41.3 Å². The van der Waals surface area contributed by atoms with Crippen LogP contribution >= 0.6 is 0 Å². The van der Waals surface area contributed by atoms with Crippen molar-refractivity contribution >= 4 is 11.0 Å². The summed E-state index contributed by atoms with van der Waals surface area (Å²) in [4.78, 5) is 4.75. The molecule has 0 radical (unpaired) electrons. The second-order valence-electron chi connectivity index (χ2n) is 5.93. The molecule has 3 aromatic heterocycles. The van der Waals surface area contributed by atoms with Crippen LogP contribution in [-0.2, 0) is 6.54 Å². The number of nitrogens with zero attached hydrogens (tertiary/aromatic N) is 4. The highest BCUT2D eigenvalue weighted by atomic mass is 16.5. The molecular formula is C19H19N5O. The Kier molecular flexibility index (Phi) is 3.72. The van der Waals surface area contributed by atoms with Gasteiger partial charge in [-0.25, -0.2) is 4.98 Å². The molecule has 0 fully saturated rings. The number of fused-ring (bicyclic) bond motifs is 1. The first-order valence-corrected chi connectivity index (χ1v) is 8.22. The summed E-state index contributed by atoms with van der Waals surface area (Å²) in [5, 5.41) is 12.9. The Hall–Kier alpha value is -3.15. The minimum Gasteiger partial charge on any atom is -0.497 e. The standard InChI is InChI=1S/C19H19N5O/c1-4-24-11-16-12(2)9-17(21-19(16)23-24)15-10-20-22-18(15)13-5-7-14(25-3)8-6-13/h5-11H,4H2,1-3H3,(H,20,22). The van der Waals surface area contributed by atoms with E-state index in [0.29, 0.717) is 0 Å². The molecule has 126 valence electrons. The SMILES string of the molecule is CCn1cc2c(C)cc(-c3cn[nH]c3-c3ccc(OC)cc3)nc2n1. The number of hydrogen-bond acceptors (Lipinski definition) is 4. The lowest BCUT2D eigenvalue weighted by Crippen LogP contribution is -1.93. The van der Waals surface area contributed by atoms with Crippen LogP contribution in [0.25, 0.3) is 33.5 Å². The van der Waals surface area contributed by atoms with Gasteiger partial charge < -0.3 is 4.74 Å². The third-order valence-corrected chi connectivity index (χ3v) is 4.36. The van der Waals surface area contributed by atoms with Gasteiger partial charge >= 0.3 is 0 Å². The molecule has 3 heterocycles. The number of benzene rings is 1. The highest BCUT2D eigenvalue weighted by Crippen LogP contribution is 2.31. The van der Waals surface area contributed by atoms with Crippen LogP contribution in [0, 0.1) is 6.92 Å². The van der Waals surface area contributed by atoms with Crippen molar-refractivity contribution in [2.24, 2.45) is 0 Å². The Morgan fingerprint density at radius 3 is 2.72 bits per heavy atom. The molecule has 4 aromatic rings. The largest absolute Gasteiger partial charge is 0.497 e. The van der Waals surface area contributed by atoms with Crippen molar-refractivity contribution in [3.63, 3.8) is 0 Å². The van der Waals surface area contributed by atoms with Crippen LogP contribution in [-0.4, -0.2) is 32.1 Å². The quantitative estimate of drug-likeness (QED) is 0.616. The zero-order valence-corrected chi connectivity index (χ0v) is 14.4. The van der Waals surface area contributed by atoms with Crippen LogP contribution in [0.15, 0.2) is 42.7 Å². The Balaban J connectivity index is 1.82. The number of pyridine rings is 1. The van der Waals surface area contributed by atoms with Gasteiger partial charge in [-0.2, -0.15) is 10.2 Å². The van der Waals surface area contributed by atoms with Crippen LogP contribution in [0.5, 0.6) is 5.75 Å². The van der Waals surface area contributed by atoms with E-state index in [0.717, 1.165) is 51.4 Å². The molecule has 1 aromatic carbocycles. The van der Waals surface area contributed by atoms with Crippen molar-refractivity contribution < 1.29 is 4.74 Å². The molecule has 0 aliphatic carbocycles. The zero-order chi connectivity index (χ0) is 17.4. The monoisotopic (exact) mass is 333 g/mol. The van der Waals surface area contributed by atoms with Crippen molar-refractivity contribution in [3.8, 4) is 28.3 Å². The summed E-state index contributed by atoms with van der Waals surface area (Å²) in [6.45, 7) is 4.98. The van der Waals surface area contributed by atoms with Gasteiger partial charge in [-0.05, 0) is 49.7 Å². The van der Waals surface area contributed by atoms with Crippen molar-refractivity contribution in [2.45, 2.75) is 20.4 Å². The fraction of sp³-hybridized carbons (Fsp3) is 0.211. The average molecular weight is 333 g/mol. The average Bonchev–Trinajstić information content (AvgIpc) is 3.28. The number of hydrogen-bond donors (Lipinski definition) is 1. The molecule has 0 aliphatic heterocycles. The summed E-state index contributed by atoms with van der Waals surface area (Å²) in [6, 6.07) is 9.97. The number of nitrogens with one attached hydrogen (secondary N) is 1. The maximum absolute atomic E-state index is 5.23. The first-order chi connectivity index (χ1) is 12.2. The molecule has 25 heavy (non-hydrogen) atoms. The lowest BCUT2D eigenvalue weighted by molar-refractivity contribution is 0.415. The summed E-state index contributed by atoms with van der Waals surface area (Å²) >= 11 is 0. The molecule has 0 saturated carbocycles. The molecule has 0 saturated heterocycles. The molecule has 0 bridgehead atoms. The van der Waals surface area contributed by atoms with Crippen molar-refractivity contribution in [1.82, 2.24) is 25.0 Å². The number of rotatable bonds is 4. The molecule has 4 rings (SSSR count). The van der Waals surface area contributed by atoms with E-state index in [2.05, 4.69) is 35.2 Å². The minimum absolute atomic E-state index is 0.763. The first-order valence-electron chi connectivity index (χ1n) is 8.22.